The molecule has 2 rings (SSSR count). The molecular formula is C12H18N4O4. The van der Waals surface area contributed by atoms with Gasteiger partial charge in [-0.05, 0) is 0 Å². The number of aliphatic carboxylic acids is 1. The average Bonchev–Trinajstić information content (AvgIpc) is 3.06. The Kier molecular flexibility index (Phi) is 4.23. The summed E-state index contributed by atoms with van der Waals surface area (Å²) in [5.74, 6) is -0.362. The Balaban J connectivity index is 2.04. The molecule has 0 aromatic carbocycles. The van der Waals surface area contributed by atoms with E-state index in [1.165, 1.54) is 16.9 Å². The number of aromatic amines is 1. The van der Waals surface area contributed by atoms with E-state index in [9.17, 15) is 14.7 Å². The average molecular weight is 282 g/mol. The Morgan fingerprint density at radius 2 is 2.40 bits per heavy atom. The second-order valence-electron chi connectivity index (χ2n) is 4.77. The van der Waals surface area contributed by atoms with Crippen molar-refractivity contribution >= 4 is 12.0 Å². The van der Waals surface area contributed by atoms with Crippen LogP contribution in [0.4, 0.5) is 4.79 Å². The Morgan fingerprint density at radius 1 is 1.65 bits per heavy atom. The van der Waals surface area contributed by atoms with Gasteiger partial charge in [0.25, 0.3) is 0 Å². The Morgan fingerprint density at radius 3 is 2.95 bits per heavy atom. The van der Waals surface area contributed by atoms with E-state index >= 15 is 0 Å². The molecule has 2 unspecified atom stereocenters. The summed E-state index contributed by atoms with van der Waals surface area (Å²) in [6, 6.07) is -1.18. The van der Waals surface area contributed by atoms with Crippen molar-refractivity contribution in [2.45, 2.75) is 25.1 Å². The zero-order chi connectivity index (χ0) is 14.7. The fourth-order valence-electron chi connectivity index (χ4n) is 2.31. The summed E-state index contributed by atoms with van der Waals surface area (Å²) in [5, 5.41) is 9.20. The Bertz CT molecular complexity index is 476. The third-order valence-corrected chi connectivity index (χ3v) is 3.40. The normalized spacial score (nSPS) is 22.0. The van der Waals surface area contributed by atoms with Crippen LogP contribution in [-0.4, -0.2) is 69.7 Å². The number of likely N-dealkylation sites (tertiary alicyclic amines) is 1. The first-order valence-corrected chi connectivity index (χ1v) is 6.28. The zero-order valence-electron chi connectivity index (χ0n) is 11.4. The summed E-state index contributed by atoms with van der Waals surface area (Å²) < 4.78 is 5.16. The summed E-state index contributed by atoms with van der Waals surface area (Å²) >= 11 is 0. The lowest BCUT2D eigenvalue weighted by molar-refractivity contribution is -0.141. The summed E-state index contributed by atoms with van der Waals surface area (Å²) in [5.41, 5.74) is 0. The molecule has 8 nitrogen and oxygen atoms in total. The predicted octanol–water partition coefficient (Wildman–Crippen LogP) is 0.135. The second-order valence-corrected chi connectivity index (χ2v) is 4.77. The van der Waals surface area contributed by atoms with Gasteiger partial charge >= 0.3 is 12.0 Å². The van der Waals surface area contributed by atoms with Gasteiger partial charge in [-0.25, -0.2) is 14.6 Å². The molecule has 1 saturated heterocycles. The fourth-order valence-corrected chi connectivity index (χ4v) is 2.31. The lowest BCUT2D eigenvalue weighted by Gasteiger charge is -2.27. The molecule has 110 valence electrons. The zero-order valence-corrected chi connectivity index (χ0v) is 11.4. The molecule has 0 bridgehead atoms. The van der Waals surface area contributed by atoms with Crippen LogP contribution in [-0.2, 0) is 16.1 Å². The monoisotopic (exact) mass is 282 g/mol. The molecule has 2 amide bonds. The van der Waals surface area contributed by atoms with Gasteiger partial charge in [0, 0.05) is 39.5 Å². The van der Waals surface area contributed by atoms with Gasteiger partial charge in [0.1, 0.15) is 11.9 Å². The third kappa shape index (κ3) is 2.90. The summed E-state index contributed by atoms with van der Waals surface area (Å²) in [6.07, 6.45) is 3.35. The lowest BCUT2D eigenvalue weighted by atomic mass is 10.2. The quantitative estimate of drug-likeness (QED) is 0.818. The van der Waals surface area contributed by atoms with E-state index in [2.05, 4.69) is 9.97 Å². The molecule has 1 aliphatic rings. The first-order valence-electron chi connectivity index (χ1n) is 6.28. The fraction of sp³-hybridized carbons (Fsp3) is 0.583. The van der Waals surface area contributed by atoms with Gasteiger partial charge in [0.05, 0.1) is 12.6 Å². The minimum Gasteiger partial charge on any atom is -0.480 e. The third-order valence-electron chi connectivity index (χ3n) is 3.40. The number of aromatic nitrogens is 2. The Hall–Kier alpha value is -2.09. The van der Waals surface area contributed by atoms with E-state index in [4.69, 9.17) is 4.74 Å². The predicted molar refractivity (Wildman–Crippen MR) is 69.0 cm³/mol. The highest BCUT2D eigenvalue weighted by molar-refractivity contribution is 5.83. The topological polar surface area (TPSA) is 98.8 Å². The molecule has 0 saturated carbocycles. The van der Waals surface area contributed by atoms with Crippen LogP contribution in [0.3, 0.4) is 0 Å². The highest BCUT2D eigenvalue weighted by atomic mass is 16.5. The molecule has 1 fully saturated rings. The first-order chi connectivity index (χ1) is 9.52. The number of hydrogen-bond acceptors (Lipinski definition) is 4. The molecule has 8 heteroatoms. The van der Waals surface area contributed by atoms with Crippen molar-refractivity contribution in [2.75, 3.05) is 20.7 Å². The molecule has 2 heterocycles. The van der Waals surface area contributed by atoms with Crippen LogP contribution in [0.2, 0.25) is 0 Å². The van der Waals surface area contributed by atoms with Crippen LogP contribution in [0.5, 0.6) is 0 Å². The van der Waals surface area contributed by atoms with Crippen LogP contribution in [0.15, 0.2) is 12.4 Å². The maximum atomic E-state index is 12.3. The van der Waals surface area contributed by atoms with Gasteiger partial charge in [0.2, 0.25) is 0 Å². The SMILES string of the molecule is COC1CC(C(=O)O)N(C(=O)N(C)Cc2ncc[nH]2)C1. The number of nitrogens with one attached hydrogen (secondary N) is 1. The number of rotatable bonds is 4. The highest BCUT2D eigenvalue weighted by Gasteiger charge is 2.40. The van der Waals surface area contributed by atoms with Crippen LogP contribution < -0.4 is 0 Å². The number of methoxy groups -OCH3 is 1. The maximum Gasteiger partial charge on any atom is 0.326 e. The van der Waals surface area contributed by atoms with Gasteiger partial charge in [-0.15, -0.1) is 0 Å². The number of carbonyl (C=O) groups excluding carboxylic acids is 1. The van der Waals surface area contributed by atoms with E-state index < -0.39 is 12.0 Å². The summed E-state index contributed by atoms with van der Waals surface area (Å²) in [6.45, 7) is 0.584. The minimum atomic E-state index is -1.01. The molecule has 0 radical (unpaired) electrons. The minimum absolute atomic E-state index is 0.239. The van der Waals surface area contributed by atoms with Crippen LogP contribution in [0.1, 0.15) is 12.2 Å². The number of ether oxygens (including phenoxy) is 1. The van der Waals surface area contributed by atoms with Crippen LogP contribution >= 0.6 is 0 Å². The summed E-state index contributed by atoms with van der Waals surface area (Å²) in [4.78, 5) is 33.3. The van der Waals surface area contributed by atoms with Gasteiger partial charge in [0.15, 0.2) is 0 Å². The lowest BCUT2D eigenvalue weighted by Crippen LogP contribution is -2.46. The van der Waals surface area contributed by atoms with E-state index in [1.54, 1.807) is 19.4 Å². The molecular weight excluding hydrogens is 264 g/mol. The van der Waals surface area contributed by atoms with E-state index in [0.29, 0.717) is 18.8 Å². The number of carboxylic acid groups (broad SMARTS) is 1. The van der Waals surface area contributed by atoms with Crippen molar-refractivity contribution in [2.24, 2.45) is 0 Å². The van der Waals surface area contributed by atoms with Crippen LogP contribution in [0, 0.1) is 0 Å². The molecule has 0 spiro atoms. The number of H-pyrrole nitrogens is 1. The van der Waals surface area contributed by atoms with Crippen molar-refractivity contribution in [3.63, 3.8) is 0 Å². The molecule has 2 N–H and O–H groups in total. The number of carbonyl (C=O) groups is 2. The molecule has 1 aromatic rings. The van der Waals surface area contributed by atoms with E-state index in [1.807, 2.05) is 0 Å². The number of amides is 2. The van der Waals surface area contributed by atoms with Gasteiger partial charge in [-0.3, -0.25) is 0 Å². The molecule has 1 aromatic heterocycles. The number of hydrogen-bond donors (Lipinski definition) is 2. The largest absolute Gasteiger partial charge is 0.480 e. The van der Waals surface area contributed by atoms with Crippen LogP contribution in [0.25, 0.3) is 0 Å². The number of nitrogens with zero attached hydrogens (tertiary/aromatic N) is 3. The van der Waals surface area contributed by atoms with E-state index in [-0.39, 0.29) is 18.7 Å². The van der Waals surface area contributed by atoms with Gasteiger partial charge < -0.3 is 24.6 Å². The Labute approximate surface area is 116 Å². The standard InChI is InChI=1S/C12H18N4O4/c1-15(7-10-13-3-4-14-10)12(19)16-6-8(20-2)5-9(16)11(17)18/h3-4,8-9H,5-7H2,1-2H3,(H,13,14)(H,17,18). The van der Waals surface area contributed by atoms with Crippen molar-refractivity contribution in [3.05, 3.63) is 18.2 Å². The van der Waals surface area contributed by atoms with Crippen molar-refractivity contribution < 1.29 is 19.4 Å². The molecule has 0 aliphatic carbocycles. The molecule has 20 heavy (non-hydrogen) atoms. The first kappa shape index (κ1) is 14.3. The maximum absolute atomic E-state index is 12.3. The van der Waals surface area contributed by atoms with Gasteiger partial charge in [-0.1, -0.05) is 0 Å². The molecule has 1 aliphatic heterocycles. The van der Waals surface area contributed by atoms with Crippen molar-refractivity contribution in [1.29, 1.82) is 0 Å². The van der Waals surface area contributed by atoms with Crippen molar-refractivity contribution in [1.82, 2.24) is 19.8 Å². The summed E-state index contributed by atoms with van der Waals surface area (Å²) in [7, 11) is 3.13. The highest BCUT2D eigenvalue weighted by Crippen LogP contribution is 2.21. The second kappa shape index (κ2) is 5.91. The smallest absolute Gasteiger partial charge is 0.326 e. The van der Waals surface area contributed by atoms with E-state index in [0.717, 1.165) is 0 Å². The number of urea groups is 1. The number of imidazole rings is 1. The van der Waals surface area contributed by atoms with Gasteiger partial charge in [-0.2, -0.15) is 0 Å². The molecule has 2 atom stereocenters. The number of carboxylic acids is 1. The van der Waals surface area contributed by atoms with Crippen molar-refractivity contribution in [3.8, 4) is 0 Å².